The summed E-state index contributed by atoms with van der Waals surface area (Å²) in [5, 5.41) is 0. The molecule has 0 amide bonds. The van der Waals surface area contributed by atoms with Crippen LogP contribution >= 0.6 is 0 Å². The molecule has 4 aromatic rings. The first kappa shape index (κ1) is 34.3. The van der Waals surface area contributed by atoms with Crippen LogP contribution in [0.25, 0.3) is 22.4 Å². The number of aromatic nitrogens is 2. The smallest absolute Gasteiger partial charge is 0.150 e. The Morgan fingerprint density at radius 1 is 0.689 bits per heavy atom. The summed E-state index contributed by atoms with van der Waals surface area (Å²) in [6, 6.07) is 20.6. The molecule has 4 rings (SSSR count). The second-order valence-corrected chi connectivity index (χ2v) is 11.6. The van der Waals surface area contributed by atoms with Crippen LogP contribution in [-0.4, -0.2) is 71.8 Å². The first-order valence-corrected chi connectivity index (χ1v) is 17.1. The Morgan fingerprint density at radius 3 is 2.00 bits per heavy atom. The van der Waals surface area contributed by atoms with Gasteiger partial charge in [-0.05, 0) is 76.6 Å². The van der Waals surface area contributed by atoms with Gasteiger partial charge in [0.25, 0.3) is 0 Å². The highest BCUT2D eigenvalue weighted by atomic mass is 16.5. The predicted molar refractivity (Wildman–Crippen MR) is 187 cm³/mol. The lowest BCUT2D eigenvalue weighted by atomic mass is 10.2. The third-order valence-electron chi connectivity index (χ3n) is 8.43. The number of rotatable bonds is 20. The molecule has 0 radical (unpaired) electrons. The summed E-state index contributed by atoms with van der Waals surface area (Å²) < 4.78 is 21.4. The van der Waals surface area contributed by atoms with Crippen molar-refractivity contribution in [1.29, 1.82) is 0 Å². The highest BCUT2D eigenvalue weighted by Gasteiger charge is 2.19. The van der Waals surface area contributed by atoms with Crippen molar-refractivity contribution in [3.05, 3.63) is 66.2 Å². The van der Waals surface area contributed by atoms with Crippen LogP contribution in [0.3, 0.4) is 0 Å². The maximum absolute atomic E-state index is 6.48. The molecule has 0 saturated heterocycles. The van der Waals surface area contributed by atoms with E-state index >= 15 is 0 Å². The molecule has 1 heterocycles. The first-order chi connectivity index (χ1) is 22.0. The molecule has 0 N–H and O–H groups in total. The van der Waals surface area contributed by atoms with Gasteiger partial charge in [0.05, 0.1) is 18.7 Å². The van der Waals surface area contributed by atoms with Gasteiger partial charge >= 0.3 is 0 Å². The van der Waals surface area contributed by atoms with Crippen LogP contribution in [0.5, 0.6) is 23.0 Å². The van der Waals surface area contributed by atoms with Gasteiger partial charge in [0, 0.05) is 37.3 Å². The van der Waals surface area contributed by atoms with E-state index in [1.165, 1.54) is 5.56 Å². The lowest BCUT2D eigenvalue weighted by Gasteiger charge is -2.18. The van der Waals surface area contributed by atoms with E-state index in [2.05, 4.69) is 86.2 Å². The third kappa shape index (κ3) is 9.72. The summed E-state index contributed by atoms with van der Waals surface area (Å²) in [6.07, 6.45) is 4.08. The lowest BCUT2D eigenvalue weighted by molar-refractivity contribution is 0.243. The van der Waals surface area contributed by atoms with Crippen LogP contribution in [-0.2, 0) is 6.54 Å². The van der Waals surface area contributed by atoms with Crippen molar-refractivity contribution < 1.29 is 14.2 Å². The fraction of sp³-hybridized carbons (Fsp3) is 0.500. The molecule has 0 saturated carbocycles. The van der Waals surface area contributed by atoms with Crippen molar-refractivity contribution in [3.8, 4) is 34.4 Å². The molecule has 7 nitrogen and oxygen atoms in total. The number of nitrogens with zero attached hydrogens (tertiary/aromatic N) is 4. The number of imidazole rings is 1. The number of aryl methyl sites for hydroxylation is 2. The van der Waals surface area contributed by atoms with Gasteiger partial charge in [-0.2, -0.15) is 0 Å². The zero-order valence-electron chi connectivity index (χ0n) is 28.5. The zero-order chi connectivity index (χ0) is 32.0. The minimum absolute atomic E-state index is 0.633. The number of hydrogen-bond donors (Lipinski definition) is 0. The highest BCUT2D eigenvalue weighted by molar-refractivity contribution is 5.87. The van der Waals surface area contributed by atoms with E-state index in [-0.39, 0.29) is 0 Å². The van der Waals surface area contributed by atoms with Crippen LogP contribution in [0.1, 0.15) is 65.9 Å². The van der Waals surface area contributed by atoms with Crippen molar-refractivity contribution in [2.75, 3.05) is 52.5 Å². The third-order valence-corrected chi connectivity index (χ3v) is 8.43. The monoisotopic (exact) mass is 614 g/mol. The molecule has 0 fully saturated rings. The fourth-order valence-electron chi connectivity index (χ4n) is 5.59. The van der Waals surface area contributed by atoms with Crippen LogP contribution in [0.4, 0.5) is 0 Å². The van der Waals surface area contributed by atoms with E-state index < -0.39 is 0 Å². The number of benzene rings is 3. The number of ether oxygens (including phenoxy) is 3. The van der Waals surface area contributed by atoms with Gasteiger partial charge < -0.3 is 28.6 Å². The Morgan fingerprint density at radius 2 is 1.36 bits per heavy atom. The maximum atomic E-state index is 6.48. The van der Waals surface area contributed by atoms with Crippen molar-refractivity contribution in [1.82, 2.24) is 19.4 Å². The van der Waals surface area contributed by atoms with Crippen LogP contribution in [0, 0.1) is 6.92 Å². The van der Waals surface area contributed by atoms with Gasteiger partial charge in [-0.3, -0.25) is 0 Å². The van der Waals surface area contributed by atoms with E-state index in [1.807, 2.05) is 30.3 Å². The molecule has 0 unspecified atom stereocenters. The Kier molecular flexibility index (Phi) is 13.6. The highest BCUT2D eigenvalue weighted by Crippen LogP contribution is 2.36. The minimum Gasteiger partial charge on any atom is -0.493 e. The average molecular weight is 615 g/mol. The quantitative estimate of drug-likeness (QED) is 0.0928. The SMILES string of the molecule is CCCCn1c(-c2cccc(Oc3ccc(C)cc3)c2)nc2c(OCCCN(CC)CC)cc(OCCCN(CC)CC)cc21. The molecule has 0 aliphatic rings. The van der Waals surface area contributed by atoms with Gasteiger partial charge in [-0.25, -0.2) is 4.98 Å². The Hall–Kier alpha value is -3.55. The molecule has 244 valence electrons. The summed E-state index contributed by atoms with van der Waals surface area (Å²) in [7, 11) is 0. The second-order valence-electron chi connectivity index (χ2n) is 11.6. The second kappa shape index (κ2) is 17.8. The molecule has 0 bridgehead atoms. The van der Waals surface area contributed by atoms with E-state index in [4.69, 9.17) is 19.2 Å². The molecular formula is C38H54N4O3. The van der Waals surface area contributed by atoms with E-state index in [1.54, 1.807) is 0 Å². The average Bonchev–Trinajstić information content (AvgIpc) is 3.43. The number of fused-ring (bicyclic) bond motifs is 1. The van der Waals surface area contributed by atoms with Crippen molar-refractivity contribution >= 4 is 11.0 Å². The molecule has 0 aliphatic heterocycles. The Labute approximate surface area is 271 Å². The van der Waals surface area contributed by atoms with E-state index in [0.29, 0.717) is 13.2 Å². The maximum Gasteiger partial charge on any atom is 0.150 e. The Bertz CT molecular complexity index is 1440. The topological polar surface area (TPSA) is 52.0 Å². The summed E-state index contributed by atoms with van der Waals surface area (Å²) in [6.45, 7) is 21.6. The molecule has 0 spiro atoms. The standard InChI is InChI=1S/C38H54N4O3/c1-7-12-24-42-35-28-34(43-25-14-22-40(8-2)9-3)29-36(44-26-15-23-41(10-4)11-5)37(35)39-38(42)31-16-13-17-33(27-31)45-32-20-18-30(6)19-21-32/h13,16-21,27-29H,7-12,14-15,22-26H2,1-6H3. The van der Waals surface area contributed by atoms with Gasteiger partial charge in [-0.15, -0.1) is 0 Å². The molecule has 1 aromatic heterocycles. The number of unbranched alkanes of at least 4 members (excludes halogenated alkanes) is 1. The van der Waals surface area contributed by atoms with Crippen LogP contribution < -0.4 is 14.2 Å². The van der Waals surface area contributed by atoms with Crippen LogP contribution in [0.15, 0.2) is 60.7 Å². The van der Waals surface area contributed by atoms with Crippen LogP contribution in [0.2, 0.25) is 0 Å². The van der Waals surface area contributed by atoms with Crippen molar-refractivity contribution in [3.63, 3.8) is 0 Å². The van der Waals surface area contributed by atoms with Crippen molar-refractivity contribution in [2.24, 2.45) is 0 Å². The van der Waals surface area contributed by atoms with Gasteiger partial charge in [-0.1, -0.05) is 70.9 Å². The molecular weight excluding hydrogens is 560 g/mol. The summed E-state index contributed by atoms with van der Waals surface area (Å²) in [4.78, 5) is 10.1. The zero-order valence-corrected chi connectivity index (χ0v) is 28.5. The van der Waals surface area contributed by atoms with E-state index in [9.17, 15) is 0 Å². The van der Waals surface area contributed by atoms with E-state index in [0.717, 1.165) is 117 Å². The van der Waals surface area contributed by atoms with Gasteiger partial charge in [0.1, 0.15) is 28.6 Å². The summed E-state index contributed by atoms with van der Waals surface area (Å²) in [5.74, 6) is 4.14. The molecule has 0 atom stereocenters. The first-order valence-electron chi connectivity index (χ1n) is 17.1. The van der Waals surface area contributed by atoms with Gasteiger partial charge in [0.15, 0.2) is 5.75 Å². The lowest BCUT2D eigenvalue weighted by Crippen LogP contribution is -2.25. The molecule has 3 aromatic carbocycles. The molecule has 0 aliphatic carbocycles. The predicted octanol–water partition coefficient (Wildman–Crippen LogP) is 8.83. The van der Waals surface area contributed by atoms with Crippen molar-refractivity contribution in [2.45, 2.75) is 73.8 Å². The summed E-state index contributed by atoms with van der Waals surface area (Å²) >= 11 is 0. The molecule has 7 heteroatoms. The normalized spacial score (nSPS) is 11.6. The molecule has 45 heavy (non-hydrogen) atoms. The number of hydrogen-bond acceptors (Lipinski definition) is 6. The minimum atomic E-state index is 0.633. The van der Waals surface area contributed by atoms with Gasteiger partial charge in [0.2, 0.25) is 0 Å². The summed E-state index contributed by atoms with van der Waals surface area (Å²) in [5.41, 5.74) is 4.15. The largest absolute Gasteiger partial charge is 0.493 e. The fourth-order valence-corrected chi connectivity index (χ4v) is 5.59. The Balaban J connectivity index is 1.67.